The van der Waals surface area contributed by atoms with Crippen LogP contribution in [0.1, 0.15) is 39.3 Å². The van der Waals surface area contributed by atoms with Crippen molar-refractivity contribution in [3.05, 3.63) is 35.9 Å². The lowest BCUT2D eigenvalue weighted by Gasteiger charge is -2.45. The summed E-state index contributed by atoms with van der Waals surface area (Å²) in [6.07, 6.45) is -0.438. The minimum absolute atomic E-state index is 0.209. The summed E-state index contributed by atoms with van der Waals surface area (Å²) in [4.78, 5) is 39.2. The summed E-state index contributed by atoms with van der Waals surface area (Å²) in [5, 5.41) is 0. The molecule has 1 aromatic carbocycles. The maximum Gasteiger partial charge on any atom is 0.410 e. The molecule has 3 amide bonds. The van der Waals surface area contributed by atoms with Crippen molar-refractivity contribution in [3.63, 3.8) is 0 Å². The van der Waals surface area contributed by atoms with E-state index < -0.39 is 29.6 Å². The van der Waals surface area contributed by atoms with Crippen LogP contribution in [0, 0.1) is 0 Å². The molecule has 2 atom stereocenters. The standard InChI is InChI=1S/C18H25N3O4/c1-12-10-21(16(23)15(19)22)14(13-8-6-5-7-9-13)11-20(12)17(24)25-18(2,3)4/h5-9,12,14H,10-11H2,1-4H3,(H2,19,22)/t12-,14-/m1/s1. The zero-order valence-electron chi connectivity index (χ0n) is 15.1. The summed E-state index contributed by atoms with van der Waals surface area (Å²) in [5.41, 5.74) is 5.41. The number of primary amides is 1. The van der Waals surface area contributed by atoms with Crippen LogP contribution in [0.4, 0.5) is 4.79 Å². The highest BCUT2D eigenvalue weighted by molar-refractivity contribution is 6.34. The van der Waals surface area contributed by atoms with E-state index in [2.05, 4.69) is 0 Å². The molecule has 0 radical (unpaired) electrons. The van der Waals surface area contributed by atoms with Crippen LogP contribution in [0.2, 0.25) is 0 Å². The van der Waals surface area contributed by atoms with Gasteiger partial charge in [0.25, 0.3) is 0 Å². The molecule has 1 saturated heterocycles. The van der Waals surface area contributed by atoms with E-state index in [1.165, 1.54) is 4.90 Å². The Morgan fingerprint density at radius 2 is 1.68 bits per heavy atom. The summed E-state index contributed by atoms with van der Waals surface area (Å²) in [7, 11) is 0. The van der Waals surface area contributed by atoms with E-state index in [0.717, 1.165) is 5.56 Å². The number of amides is 3. The third-order valence-electron chi connectivity index (χ3n) is 4.02. The van der Waals surface area contributed by atoms with Gasteiger partial charge in [-0.05, 0) is 33.3 Å². The predicted octanol–water partition coefficient (Wildman–Crippen LogP) is 1.68. The Labute approximate surface area is 147 Å². The Hall–Kier alpha value is -2.57. The molecule has 1 aliphatic rings. The predicted molar refractivity (Wildman–Crippen MR) is 92.5 cm³/mol. The molecular formula is C18H25N3O4. The van der Waals surface area contributed by atoms with Crippen molar-refractivity contribution in [1.82, 2.24) is 9.80 Å². The van der Waals surface area contributed by atoms with Gasteiger partial charge in [0.1, 0.15) is 5.60 Å². The minimum atomic E-state index is -1.00. The average molecular weight is 347 g/mol. The quantitative estimate of drug-likeness (QED) is 0.782. The number of hydrogen-bond donors (Lipinski definition) is 1. The summed E-state index contributed by atoms with van der Waals surface area (Å²) >= 11 is 0. The Morgan fingerprint density at radius 1 is 1.08 bits per heavy atom. The van der Waals surface area contributed by atoms with Gasteiger partial charge >= 0.3 is 17.9 Å². The van der Waals surface area contributed by atoms with E-state index in [4.69, 9.17) is 10.5 Å². The molecular weight excluding hydrogens is 322 g/mol. The van der Waals surface area contributed by atoms with Gasteiger partial charge in [0, 0.05) is 19.1 Å². The third kappa shape index (κ3) is 4.49. The molecule has 7 heteroatoms. The molecule has 7 nitrogen and oxygen atoms in total. The highest BCUT2D eigenvalue weighted by Crippen LogP contribution is 2.29. The van der Waals surface area contributed by atoms with Gasteiger partial charge in [-0.2, -0.15) is 0 Å². The molecule has 0 spiro atoms. The summed E-state index contributed by atoms with van der Waals surface area (Å²) in [6, 6.07) is 8.52. The maximum atomic E-state index is 12.5. The summed E-state index contributed by atoms with van der Waals surface area (Å²) in [6.45, 7) is 7.66. The number of nitrogens with two attached hydrogens (primary N) is 1. The Balaban J connectivity index is 2.31. The van der Waals surface area contributed by atoms with Gasteiger partial charge in [0.15, 0.2) is 0 Å². The normalized spacial score (nSPS) is 21.0. The lowest BCUT2D eigenvalue weighted by Crippen LogP contribution is -2.59. The number of ether oxygens (including phenoxy) is 1. The largest absolute Gasteiger partial charge is 0.444 e. The van der Waals surface area contributed by atoms with E-state index in [1.54, 1.807) is 25.7 Å². The van der Waals surface area contributed by atoms with Crippen LogP contribution in [0.5, 0.6) is 0 Å². The van der Waals surface area contributed by atoms with Crippen molar-refractivity contribution < 1.29 is 19.1 Å². The highest BCUT2D eigenvalue weighted by atomic mass is 16.6. The van der Waals surface area contributed by atoms with Crippen LogP contribution < -0.4 is 5.73 Å². The number of carbonyl (C=O) groups is 3. The van der Waals surface area contributed by atoms with Crippen molar-refractivity contribution in [3.8, 4) is 0 Å². The molecule has 0 aromatic heterocycles. The van der Waals surface area contributed by atoms with E-state index >= 15 is 0 Å². The van der Waals surface area contributed by atoms with E-state index in [9.17, 15) is 14.4 Å². The van der Waals surface area contributed by atoms with Crippen molar-refractivity contribution in [2.75, 3.05) is 13.1 Å². The molecule has 0 saturated carbocycles. The molecule has 1 aromatic rings. The molecule has 25 heavy (non-hydrogen) atoms. The monoisotopic (exact) mass is 347 g/mol. The minimum Gasteiger partial charge on any atom is -0.444 e. The third-order valence-corrected chi connectivity index (χ3v) is 4.02. The second kappa shape index (κ2) is 7.13. The average Bonchev–Trinajstić information content (AvgIpc) is 2.52. The second-order valence-corrected chi connectivity index (χ2v) is 7.23. The number of rotatable bonds is 1. The van der Waals surface area contributed by atoms with Crippen LogP contribution in [0.25, 0.3) is 0 Å². The first-order valence-electron chi connectivity index (χ1n) is 8.25. The molecule has 1 fully saturated rings. The fourth-order valence-corrected chi connectivity index (χ4v) is 2.88. The Morgan fingerprint density at radius 3 is 2.20 bits per heavy atom. The Bertz CT molecular complexity index is 654. The summed E-state index contributed by atoms with van der Waals surface area (Å²) < 4.78 is 5.47. The fraction of sp³-hybridized carbons (Fsp3) is 0.500. The summed E-state index contributed by atoms with van der Waals surface area (Å²) in [5.74, 6) is -1.75. The molecule has 0 bridgehead atoms. The lowest BCUT2D eigenvalue weighted by atomic mass is 9.99. The molecule has 1 aliphatic heterocycles. The Kier molecular flexibility index (Phi) is 5.35. The van der Waals surface area contributed by atoms with Crippen LogP contribution >= 0.6 is 0 Å². The van der Waals surface area contributed by atoms with Gasteiger partial charge in [-0.1, -0.05) is 30.3 Å². The number of carbonyl (C=O) groups excluding carboxylic acids is 3. The number of nitrogens with zero attached hydrogens (tertiary/aromatic N) is 2. The molecule has 136 valence electrons. The number of piperazine rings is 1. The number of hydrogen-bond acceptors (Lipinski definition) is 4. The van der Waals surface area contributed by atoms with Crippen LogP contribution in [0.15, 0.2) is 30.3 Å². The van der Waals surface area contributed by atoms with Gasteiger partial charge in [-0.15, -0.1) is 0 Å². The van der Waals surface area contributed by atoms with Gasteiger partial charge in [0.2, 0.25) is 0 Å². The van der Waals surface area contributed by atoms with Crippen molar-refractivity contribution in [1.29, 1.82) is 0 Å². The molecule has 0 aliphatic carbocycles. The van der Waals surface area contributed by atoms with Gasteiger partial charge in [-0.25, -0.2) is 4.79 Å². The zero-order valence-corrected chi connectivity index (χ0v) is 15.1. The van der Waals surface area contributed by atoms with Gasteiger partial charge in [-0.3, -0.25) is 9.59 Å². The zero-order chi connectivity index (χ0) is 18.8. The molecule has 2 rings (SSSR count). The fourth-order valence-electron chi connectivity index (χ4n) is 2.88. The van der Waals surface area contributed by atoms with E-state index in [0.29, 0.717) is 0 Å². The van der Waals surface area contributed by atoms with Gasteiger partial charge < -0.3 is 20.3 Å². The van der Waals surface area contributed by atoms with Crippen molar-refractivity contribution in [2.45, 2.75) is 45.4 Å². The lowest BCUT2D eigenvalue weighted by molar-refractivity contribution is -0.148. The highest BCUT2D eigenvalue weighted by Gasteiger charge is 2.40. The van der Waals surface area contributed by atoms with Crippen LogP contribution in [-0.4, -0.2) is 52.4 Å². The van der Waals surface area contributed by atoms with E-state index in [1.807, 2.05) is 37.3 Å². The smallest absolute Gasteiger partial charge is 0.410 e. The molecule has 1 heterocycles. The first kappa shape index (κ1) is 18.8. The van der Waals surface area contributed by atoms with Crippen molar-refractivity contribution in [2.24, 2.45) is 5.73 Å². The molecule has 0 unspecified atom stereocenters. The van der Waals surface area contributed by atoms with Gasteiger partial charge in [0.05, 0.1) is 6.04 Å². The molecule has 2 N–H and O–H groups in total. The first-order valence-corrected chi connectivity index (χ1v) is 8.25. The van der Waals surface area contributed by atoms with Crippen molar-refractivity contribution >= 4 is 17.9 Å². The topological polar surface area (TPSA) is 92.9 Å². The maximum absolute atomic E-state index is 12.5. The van der Waals surface area contributed by atoms with E-state index in [-0.39, 0.29) is 19.1 Å². The first-order chi connectivity index (χ1) is 11.6. The number of benzene rings is 1. The second-order valence-electron chi connectivity index (χ2n) is 7.23. The SMILES string of the molecule is C[C@@H]1CN(C(=O)C(N)=O)[C@@H](c2ccccc2)CN1C(=O)OC(C)(C)C. The van der Waals surface area contributed by atoms with Crippen LogP contribution in [-0.2, 0) is 14.3 Å². The van der Waals surface area contributed by atoms with Crippen LogP contribution in [0.3, 0.4) is 0 Å².